The maximum Gasteiger partial charge on any atom is 0.347 e. The van der Waals surface area contributed by atoms with Gasteiger partial charge < -0.3 is 14.2 Å². The number of esters is 3. The molecular weight excluding hydrogens is 304 g/mol. The topological polar surface area (TPSA) is 78.9 Å². The van der Waals surface area contributed by atoms with Crippen molar-refractivity contribution in [2.75, 3.05) is 20.3 Å². The van der Waals surface area contributed by atoms with Gasteiger partial charge in [-0.05, 0) is 19.3 Å². The first kappa shape index (κ1) is 16.6. The minimum Gasteiger partial charge on any atom is -0.465 e. The van der Waals surface area contributed by atoms with E-state index < -0.39 is 17.9 Å². The van der Waals surface area contributed by atoms with Crippen LogP contribution < -0.4 is 0 Å². The highest BCUT2D eigenvalue weighted by Crippen LogP contribution is 2.46. The highest BCUT2D eigenvalue weighted by atomic mass is 32.2. The summed E-state index contributed by atoms with van der Waals surface area (Å²) in [5, 5.41) is 1.52. The quantitative estimate of drug-likeness (QED) is 0.250. The van der Waals surface area contributed by atoms with Gasteiger partial charge >= 0.3 is 17.9 Å². The van der Waals surface area contributed by atoms with E-state index in [-0.39, 0.29) is 18.8 Å². The van der Waals surface area contributed by atoms with Gasteiger partial charge in [0.1, 0.15) is 4.91 Å². The van der Waals surface area contributed by atoms with Crippen LogP contribution in [0.1, 0.15) is 13.8 Å². The Kier molecular flexibility index (Phi) is 6.66. The van der Waals surface area contributed by atoms with Crippen LogP contribution in [0.15, 0.2) is 20.1 Å². The van der Waals surface area contributed by atoms with Gasteiger partial charge in [0.2, 0.25) is 0 Å². The fourth-order valence-corrected chi connectivity index (χ4v) is 3.38. The van der Waals surface area contributed by atoms with Gasteiger partial charge in [0.05, 0.1) is 24.6 Å². The van der Waals surface area contributed by atoms with Crippen LogP contribution >= 0.6 is 23.5 Å². The molecule has 0 saturated carbocycles. The molecule has 0 N–H and O–H groups in total. The standard InChI is InChI=1S/C12H14O6S2/c1-4-17-10(14)8(11(15)18-5-2)12-19-6-7(20-12)9(13)16-3/h6H,4-5H2,1-3H3. The van der Waals surface area contributed by atoms with Crippen LogP contribution in [-0.2, 0) is 28.6 Å². The van der Waals surface area contributed by atoms with Crippen molar-refractivity contribution < 1.29 is 28.6 Å². The smallest absolute Gasteiger partial charge is 0.347 e. The second-order valence-electron chi connectivity index (χ2n) is 3.30. The second kappa shape index (κ2) is 8.01. The number of methoxy groups -OCH3 is 1. The van der Waals surface area contributed by atoms with Crippen molar-refractivity contribution in [3.05, 3.63) is 20.1 Å². The molecule has 8 heteroatoms. The monoisotopic (exact) mass is 318 g/mol. The van der Waals surface area contributed by atoms with E-state index in [0.29, 0.717) is 9.14 Å². The molecule has 0 aromatic carbocycles. The summed E-state index contributed by atoms with van der Waals surface area (Å²) in [5.41, 5.74) is -0.196. The first-order valence-corrected chi connectivity index (χ1v) is 7.46. The van der Waals surface area contributed by atoms with Crippen LogP contribution in [0, 0.1) is 0 Å². The van der Waals surface area contributed by atoms with Crippen LogP contribution in [0.5, 0.6) is 0 Å². The van der Waals surface area contributed by atoms with Gasteiger partial charge in [-0.25, -0.2) is 14.4 Å². The lowest BCUT2D eigenvalue weighted by molar-refractivity contribution is -0.146. The first-order chi connectivity index (χ1) is 9.54. The number of carbonyl (C=O) groups is 3. The highest BCUT2D eigenvalue weighted by molar-refractivity contribution is 8.28. The Morgan fingerprint density at radius 2 is 1.65 bits per heavy atom. The lowest BCUT2D eigenvalue weighted by atomic mass is 10.3. The molecule has 0 spiro atoms. The maximum absolute atomic E-state index is 11.8. The second-order valence-corrected chi connectivity index (χ2v) is 5.49. The van der Waals surface area contributed by atoms with Crippen molar-refractivity contribution >= 4 is 41.4 Å². The van der Waals surface area contributed by atoms with Gasteiger partial charge in [0, 0.05) is 0 Å². The number of rotatable bonds is 5. The van der Waals surface area contributed by atoms with Crippen LogP contribution in [0.4, 0.5) is 0 Å². The molecule has 6 nitrogen and oxygen atoms in total. The average Bonchev–Trinajstić information content (AvgIpc) is 2.88. The van der Waals surface area contributed by atoms with Gasteiger partial charge in [-0.2, -0.15) is 0 Å². The van der Waals surface area contributed by atoms with Crippen molar-refractivity contribution in [1.29, 1.82) is 0 Å². The Morgan fingerprint density at radius 3 is 2.10 bits per heavy atom. The van der Waals surface area contributed by atoms with E-state index in [9.17, 15) is 14.4 Å². The van der Waals surface area contributed by atoms with Crippen LogP contribution in [0.3, 0.4) is 0 Å². The maximum atomic E-state index is 11.8. The molecule has 0 radical (unpaired) electrons. The molecular formula is C12H14O6S2. The molecule has 0 unspecified atom stereocenters. The minimum atomic E-state index is -0.763. The van der Waals surface area contributed by atoms with Gasteiger partial charge in [-0.15, -0.1) is 0 Å². The lowest BCUT2D eigenvalue weighted by Crippen LogP contribution is -2.19. The lowest BCUT2D eigenvalue weighted by Gasteiger charge is -2.08. The van der Waals surface area contributed by atoms with Crippen molar-refractivity contribution in [2.45, 2.75) is 13.8 Å². The normalized spacial score (nSPS) is 13.6. The van der Waals surface area contributed by atoms with Crippen molar-refractivity contribution in [1.82, 2.24) is 0 Å². The van der Waals surface area contributed by atoms with Gasteiger partial charge in [-0.3, -0.25) is 0 Å². The van der Waals surface area contributed by atoms with E-state index in [1.54, 1.807) is 13.8 Å². The predicted octanol–water partition coefficient (Wildman–Crippen LogP) is 1.82. The summed E-state index contributed by atoms with van der Waals surface area (Å²) in [6.45, 7) is 3.56. The Balaban J connectivity index is 3.00. The molecule has 1 rings (SSSR count). The van der Waals surface area contributed by atoms with Gasteiger partial charge in [-0.1, -0.05) is 23.5 Å². The summed E-state index contributed by atoms with van der Waals surface area (Å²) in [7, 11) is 1.26. The Bertz CT molecular complexity index is 460. The molecule has 0 bridgehead atoms. The summed E-state index contributed by atoms with van der Waals surface area (Å²) in [6.07, 6.45) is 0. The summed E-state index contributed by atoms with van der Waals surface area (Å²) in [6, 6.07) is 0. The van der Waals surface area contributed by atoms with Crippen molar-refractivity contribution in [2.24, 2.45) is 0 Å². The molecule has 1 heterocycles. The van der Waals surface area contributed by atoms with Crippen LogP contribution in [-0.4, -0.2) is 38.2 Å². The summed E-state index contributed by atoms with van der Waals surface area (Å²) < 4.78 is 14.6. The molecule has 1 aliphatic rings. The van der Waals surface area contributed by atoms with E-state index in [1.807, 2.05) is 0 Å². The van der Waals surface area contributed by atoms with Crippen LogP contribution in [0.25, 0.3) is 0 Å². The third-order valence-electron chi connectivity index (χ3n) is 2.03. The minimum absolute atomic E-state index is 0.141. The molecule has 110 valence electrons. The van der Waals surface area contributed by atoms with Crippen molar-refractivity contribution in [3.8, 4) is 0 Å². The SMILES string of the molecule is CCOC(=O)C(C(=O)OCC)=C1SC=C(C(=O)OC)S1. The average molecular weight is 318 g/mol. The number of carbonyl (C=O) groups excluding carboxylic acids is 3. The van der Waals surface area contributed by atoms with E-state index in [4.69, 9.17) is 9.47 Å². The molecule has 0 fully saturated rings. The zero-order chi connectivity index (χ0) is 15.1. The summed E-state index contributed by atoms with van der Waals surface area (Å²) in [5.74, 6) is -2.05. The number of thioether (sulfide) groups is 2. The molecule has 0 aromatic heterocycles. The highest BCUT2D eigenvalue weighted by Gasteiger charge is 2.31. The molecule has 0 amide bonds. The third-order valence-corrected chi connectivity index (χ3v) is 4.38. The van der Waals surface area contributed by atoms with Gasteiger partial charge in [0.25, 0.3) is 0 Å². The molecule has 20 heavy (non-hydrogen) atoms. The largest absolute Gasteiger partial charge is 0.465 e. The summed E-state index contributed by atoms with van der Waals surface area (Å²) >= 11 is 2.08. The fourth-order valence-electron chi connectivity index (χ4n) is 1.21. The van der Waals surface area contributed by atoms with Crippen LogP contribution in [0.2, 0.25) is 0 Å². The number of hydrogen-bond acceptors (Lipinski definition) is 8. The predicted molar refractivity (Wildman–Crippen MR) is 75.6 cm³/mol. The molecule has 0 aromatic rings. The van der Waals surface area contributed by atoms with E-state index in [1.165, 1.54) is 12.5 Å². The zero-order valence-corrected chi connectivity index (χ0v) is 12.9. The molecule has 0 atom stereocenters. The summed E-state index contributed by atoms with van der Waals surface area (Å²) in [4.78, 5) is 35.4. The van der Waals surface area contributed by atoms with Gasteiger partial charge in [0.15, 0.2) is 5.57 Å². The Labute approximate surface area is 124 Å². The van der Waals surface area contributed by atoms with E-state index in [0.717, 1.165) is 23.5 Å². The van der Waals surface area contributed by atoms with E-state index in [2.05, 4.69) is 4.74 Å². The Hall–Kier alpha value is -1.41. The number of ether oxygens (including phenoxy) is 3. The zero-order valence-electron chi connectivity index (χ0n) is 11.3. The molecule has 0 aliphatic carbocycles. The fraction of sp³-hybridized carbons (Fsp3) is 0.417. The first-order valence-electron chi connectivity index (χ1n) is 5.76. The Morgan fingerprint density at radius 1 is 1.10 bits per heavy atom. The molecule has 1 aliphatic heterocycles. The van der Waals surface area contributed by atoms with E-state index >= 15 is 0 Å². The third kappa shape index (κ3) is 4.04. The number of hydrogen-bond donors (Lipinski definition) is 0. The molecule has 0 saturated heterocycles. The van der Waals surface area contributed by atoms with Crippen molar-refractivity contribution in [3.63, 3.8) is 0 Å².